The molecule has 5 nitrogen and oxygen atoms in total. The molecule has 0 amide bonds. The Morgan fingerprint density at radius 2 is 1.95 bits per heavy atom. The van der Waals surface area contributed by atoms with Gasteiger partial charge in [-0.1, -0.05) is 19.1 Å². The Labute approximate surface area is 129 Å². The second-order valence-corrected chi connectivity index (χ2v) is 5.51. The molecule has 1 aromatic heterocycles. The molecule has 1 heterocycles. The van der Waals surface area contributed by atoms with Gasteiger partial charge in [0.2, 0.25) is 5.95 Å². The molecule has 0 saturated carbocycles. The van der Waals surface area contributed by atoms with Crippen molar-refractivity contribution >= 4 is 11.7 Å². The molecular weight excluding hydrogens is 278 g/mol. The molecule has 0 spiro atoms. The van der Waals surface area contributed by atoms with E-state index in [1.165, 1.54) is 0 Å². The number of nitrogens with two attached hydrogens (primary N) is 1. The van der Waals surface area contributed by atoms with Crippen molar-refractivity contribution in [1.29, 1.82) is 0 Å². The van der Waals surface area contributed by atoms with Crippen molar-refractivity contribution in [2.75, 3.05) is 12.8 Å². The average Bonchev–Trinajstić information content (AvgIpc) is 2.53. The fraction of sp³-hybridized carbons (Fsp3) is 0.353. The Hall–Kier alpha value is -2.43. The van der Waals surface area contributed by atoms with Crippen molar-refractivity contribution in [2.24, 2.45) is 0 Å². The van der Waals surface area contributed by atoms with Gasteiger partial charge in [-0.15, -0.1) is 0 Å². The maximum atomic E-state index is 12.5. The monoisotopic (exact) mass is 297 g/mol. The Morgan fingerprint density at radius 3 is 2.59 bits per heavy atom. The fourth-order valence-electron chi connectivity index (χ4n) is 3.05. The number of carbonyl (C=O) groups is 1. The predicted octanol–water partition coefficient (Wildman–Crippen LogP) is 2.54. The number of aromatic nitrogens is 2. The molecule has 2 N–H and O–H groups in total. The number of nitrogen functional groups attached to an aromatic ring is 1. The van der Waals surface area contributed by atoms with Gasteiger partial charge in [-0.2, -0.15) is 0 Å². The molecule has 1 aliphatic carbocycles. The van der Waals surface area contributed by atoms with E-state index in [1.807, 2.05) is 31.2 Å². The average molecular weight is 297 g/mol. The molecule has 0 saturated heterocycles. The summed E-state index contributed by atoms with van der Waals surface area (Å²) in [5, 5.41) is 0. The number of methoxy groups -OCH3 is 1. The Bertz CT molecular complexity index is 711. The first-order valence-electron chi connectivity index (χ1n) is 7.44. The molecule has 114 valence electrons. The molecule has 0 aliphatic heterocycles. The number of hydrogen-bond acceptors (Lipinski definition) is 5. The van der Waals surface area contributed by atoms with E-state index in [1.54, 1.807) is 7.11 Å². The minimum absolute atomic E-state index is 0.110. The van der Waals surface area contributed by atoms with Gasteiger partial charge in [0.25, 0.3) is 0 Å². The maximum absolute atomic E-state index is 12.5. The summed E-state index contributed by atoms with van der Waals surface area (Å²) in [7, 11) is 1.64. The van der Waals surface area contributed by atoms with E-state index in [9.17, 15) is 4.79 Å². The lowest BCUT2D eigenvalue weighted by Gasteiger charge is -2.24. The van der Waals surface area contributed by atoms with Gasteiger partial charge in [0.15, 0.2) is 5.78 Å². The number of ether oxygens (including phenoxy) is 1. The van der Waals surface area contributed by atoms with Crippen LogP contribution in [0.3, 0.4) is 0 Å². The van der Waals surface area contributed by atoms with Crippen LogP contribution in [0.1, 0.15) is 46.6 Å². The third-order valence-corrected chi connectivity index (χ3v) is 4.15. The van der Waals surface area contributed by atoms with E-state index < -0.39 is 0 Å². The maximum Gasteiger partial charge on any atom is 0.220 e. The molecule has 2 aromatic rings. The number of ketones is 1. The van der Waals surface area contributed by atoms with Crippen LogP contribution in [0.4, 0.5) is 5.95 Å². The summed E-state index contributed by atoms with van der Waals surface area (Å²) in [6, 6.07) is 7.85. The predicted molar refractivity (Wildman–Crippen MR) is 84.2 cm³/mol. The third kappa shape index (κ3) is 2.54. The topological polar surface area (TPSA) is 78.1 Å². The lowest BCUT2D eigenvalue weighted by atomic mass is 9.81. The number of benzene rings is 1. The molecule has 0 unspecified atom stereocenters. The van der Waals surface area contributed by atoms with Gasteiger partial charge in [-0.3, -0.25) is 4.79 Å². The highest BCUT2D eigenvalue weighted by atomic mass is 16.5. The molecule has 22 heavy (non-hydrogen) atoms. The number of Topliss-reactive ketones (excluding diaryl/α,β-unsaturated/α-hetero) is 1. The van der Waals surface area contributed by atoms with Crippen molar-refractivity contribution in [3.8, 4) is 5.75 Å². The number of aryl methyl sites for hydroxylation is 1. The van der Waals surface area contributed by atoms with Crippen LogP contribution in [0.25, 0.3) is 0 Å². The molecule has 0 fully saturated rings. The third-order valence-electron chi connectivity index (χ3n) is 4.15. The normalized spacial score (nSPS) is 17.2. The largest absolute Gasteiger partial charge is 0.497 e. The number of rotatable bonds is 3. The van der Waals surface area contributed by atoms with Gasteiger partial charge in [0.1, 0.15) is 5.75 Å². The second kappa shape index (κ2) is 5.75. The van der Waals surface area contributed by atoms with E-state index in [4.69, 9.17) is 10.5 Å². The van der Waals surface area contributed by atoms with Gasteiger partial charge in [0, 0.05) is 6.42 Å². The van der Waals surface area contributed by atoms with Crippen molar-refractivity contribution in [2.45, 2.75) is 32.1 Å². The molecule has 5 heteroatoms. The van der Waals surface area contributed by atoms with Crippen molar-refractivity contribution < 1.29 is 9.53 Å². The van der Waals surface area contributed by atoms with Crippen LogP contribution < -0.4 is 10.5 Å². The van der Waals surface area contributed by atoms with Crippen LogP contribution in [-0.4, -0.2) is 22.9 Å². The van der Waals surface area contributed by atoms with Crippen molar-refractivity contribution in [3.05, 3.63) is 46.8 Å². The van der Waals surface area contributed by atoms with Gasteiger partial charge in [-0.25, -0.2) is 9.97 Å². The van der Waals surface area contributed by atoms with Crippen molar-refractivity contribution in [1.82, 2.24) is 9.97 Å². The molecule has 1 aliphatic rings. The minimum Gasteiger partial charge on any atom is -0.497 e. The number of hydrogen-bond donors (Lipinski definition) is 1. The molecule has 0 radical (unpaired) electrons. The first kappa shape index (κ1) is 14.5. The molecule has 1 aromatic carbocycles. The van der Waals surface area contributed by atoms with E-state index in [2.05, 4.69) is 9.97 Å². The zero-order valence-corrected chi connectivity index (χ0v) is 12.8. The highest BCUT2D eigenvalue weighted by Crippen LogP contribution is 2.34. The van der Waals surface area contributed by atoms with Crippen LogP contribution in [0.15, 0.2) is 24.3 Å². The van der Waals surface area contributed by atoms with Gasteiger partial charge in [0.05, 0.1) is 24.1 Å². The van der Waals surface area contributed by atoms with Crippen molar-refractivity contribution in [3.63, 3.8) is 0 Å². The first-order chi connectivity index (χ1) is 10.6. The van der Waals surface area contributed by atoms with Gasteiger partial charge < -0.3 is 10.5 Å². The molecule has 3 rings (SSSR count). The zero-order valence-electron chi connectivity index (χ0n) is 12.8. The quantitative estimate of drug-likeness (QED) is 0.942. The van der Waals surface area contributed by atoms with E-state index >= 15 is 0 Å². The van der Waals surface area contributed by atoms with Gasteiger partial charge >= 0.3 is 0 Å². The second-order valence-electron chi connectivity index (χ2n) is 5.51. The summed E-state index contributed by atoms with van der Waals surface area (Å²) >= 11 is 0. The first-order valence-corrected chi connectivity index (χ1v) is 7.44. The lowest BCUT2D eigenvalue weighted by Crippen LogP contribution is -2.23. The molecular formula is C17H19N3O2. The van der Waals surface area contributed by atoms with Gasteiger partial charge in [-0.05, 0) is 36.5 Å². The van der Waals surface area contributed by atoms with Crippen LogP contribution in [0.5, 0.6) is 5.75 Å². The van der Waals surface area contributed by atoms with Crippen LogP contribution in [-0.2, 0) is 12.8 Å². The zero-order chi connectivity index (χ0) is 15.7. The van der Waals surface area contributed by atoms with E-state index in [0.29, 0.717) is 24.8 Å². The number of fused-ring (bicyclic) bond motifs is 1. The van der Waals surface area contributed by atoms with Crippen LogP contribution in [0, 0.1) is 0 Å². The Morgan fingerprint density at radius 1 is 1.23 bits per heavy atom. The summed E-state index contributed by atoms with van der Waals surface area (Å²) < 4.78 is 5.18. The number of anilines is 1. The van der Waals surface area contributed by atoms with E-state index in [0.717, 1.165) is 22.7 Å². The molecule has 1 atom stereocenters. The minimum atomic E-state index is 0.110. The SMILES string of the molecule is CCc1nc(N)nc2c1C(=O)C[C@H](c1ccc(OC)cc1)C2. The fourth-order valence-corrected chi connectivity index (χ4v) is 3.05. The number of carbonyl (C=O) groups excluding carboxylic acids is 1. The summed E-state index contributed by atoms with van der Waals surface area (Å²) in [4.78, 5) is 21.0. The number of nitrogens with zero attached hydrogens (tertiary/aromatic N) is 2. The van der Waals surface area contributed by atoms with Crippen LogP contribution in [0.2, 0.25) is 0 Å². The van der Waals surface area contributed by atoms with Crippen LogP contribution >= 0.6 is 0 Å². The summed E-state index contributed by atoms with van der Waals surface area (Å²) in [6.07, 6.45) is 1.89. The standard InChI is InChI=1S/C17H19N3O2/c1-3-13-16-14(20-17(18)19-13)8-11(9-15(16)21)10-4-6-12(22-2)7-5-10/h4-7,11H,3,8-9H2,1-2H3,(H2,18,19,20)/t11-/m1/s1. The smallest absolute Gasteiger partial charge is 0.220 e. The summed E-state index contributed by atoms with van der Waals surface area (Å²) in [5.74, 6) is 1.30. The summed E-state index contributed by atoms with van der Waals surface area (Å²) in [6.45, 7) is 1.98. The molecule has 0 bridgehead atoms. The lowest BCUT2D eigenvalue weighted by molar-refractivity contribution is 0.0961. The highest BCUT2D eigenvalue weighted by Gasteiger charge is 2.30. The Balaban J connectivity index is 1.96. The highest BCUT2D eigenvalue weighted by molar-refractivity contribution is 5.99. The Kier molecular flexibility index (Phi) is 3.79. The van der Waals surface area contributed by atoms with E-state index in [-0.39, 0.29) is 17.6 Å². The summed E-state index contributed by atoms with van der Waals surface area (Å²) in [5.41, 5.74) is 9.12.